The largest absolute Gasteiger partial charge is 0.251 e. The first-order chi connectivity index (χ1) is 6.61. The predicted molar refractivity (Wildman–Crippen MR) is 61.2 cm³/mol. The van der Waals surface area contributed by atoms with Gasteiger partial charge in [0.1, 0.15) is 0 Å². The Morgan fingerprint density at radius 2 is 1.93 bits per heavy atom. The number of hydrogen-bond acceptors (Lipinski definition) is 2. The summed E-state index contributed by atoms with van der Waals surface area (Å²) in [4.78, 5) is 4.49. The molecule has 2 rings (SSSR count). The van der Waals surface area contributed by atoms with Gasteiger partial charge >= 0.3 is 0 Å². The van der Waals surface area contributed by atoms with Crippen molar-refractivity contribution in [2.45, 2.75) is 39.5 Å². The van der Waals surface area contributed by atoms with Gasteiger partial charge in [-0.1, -0.05) is 39.2 Å². The highest BCUT2D eigenvalue weighted by molar-refractivity contribution is 7.04. The van der Waals surface area contributed by atoms with E-state index in [-0.39, 0.29) is 0 Å². The Morgan fingerprint density at radius 1 is 1.21 bits per heavy atom. The van der Waals surface area contributed by atoms with Crippen LogP contribution in [-0.4, -0.2) is 8.77 Å². The fourth-order valence-corrected chi connectivity index (χ4v) is 2.83. The normalized spacial score (nSPS) is 12.1. The van der Waals surface area contributed by atoms with Crippen molar-refractivity contribution in [1.82, 2.24) is 8.77 Å². The molecule has 76 valence electrons. The predicted octanol–water partition coefficient (Wildman–Crippen LogP) is 3.64. The molecule has 2 nitrogen and oxygen atoms in total. The summed E-state index contributed by atoms with van der Waals surface area (Å²) in [6, 6.07) is 0. The summed E-state index contributed by atoms with van der Waals surface area (Å²) >= 11 is 1.76. The van der Waals surface area contributed by atoms with E-state index in [2.05, 4.69) is 41.8 Å². The highest BCUT2D eigenvalue weighted by Gasteiger charge is 2.13. The minimum absolute atomic E-state index is 0.545. The zero-order valence-corrected chi connectivity index (χ0v) is 9.93. The molecule has 0 spiro atoms. The monoisotopic (exact) mass is 208 g/mol. The molecule has 2 heterocycles. The summed E-state index contributed by atoms with van der Waals surface area (Å²) < 4.78 is 2.25. The van der Waals surface area contributed by atoms with Crippen molar-refractivity contribution < 1.29 is 0 Å². The lowest BCUT2D eigenvalue weighted by atomic mass is 10.1. The summed E-state index contributed by atoms with van der Waals surface area (Å²) in [5.41, 5.74) is 3.83. The summed E-state index contributed by atoms with van der Waals surface area (Å²) in [5, 5.41) is 2.22. The zero-order chi connectivity index (χ0) is 10.3. The van der Waals surface area contributed by atoms with Gasteiger partial charge in [-0.15, -0.1) is 0 Å². The van der Waals surface area contributed by atoms with E-state index in [1.165, 1.54) is 11.3 Å². The van der Waals surface area contributed by atoms with Crippen molar-refractivity contribution in [3.05, 3.63) is 22.8 Å². The van der Waals surface area contributed by atoms with Crippen molar-refractivity contribution in [2.75, 3.05) is 0 Å². The molecule has 0 N–H and O–H groups in total. The van der Waals surface area contributed by atoms with Gasteiger partial charge in [-0.05, 0) is 11.8 Å². The minimum atomic E-state index is 0.545. The molecule has 0 fully saturated rings. The minimum Gasteiger partial charge on any atom is -0.251 e. The number of fused-ring (bicyclic) bond motifs is 1. The molecule has 0 aromatic carbocycles. The summed E-state index contributed by atoms with van der Waals surface area (Å²) in [6.07, 6.45) is 2.00. The quantitative estimate of drug-likeness (QED) is 0.736. The maximum Gasteiger partial charge on any atom is 0.150 e. The fourth-order valence-electron chi connectivity index (χ4n) is 1.60. The molecule has 0 atom stereocenters. The van der Waals surface area contributed by atoms with Crippen LogP contribution in [0.3, 0.4) is 0 Å². The van der Waals surface area contributed by atoms with Gasteiger partial charge in [0.15, 0.2) is 5.65 Å². The molecule has 0 saturated heterocycles. The average Bonchev–Trinajstić information content (AvgIpc) is 2.59. The molecule has 0 amide bonds. The van der Waals surface area contributed by atoms with E-state index in [4.69, 9.17) is 0 Å². The van der Waals surface area contributed by atoms with Crippen LogP contribution >= 0.6 is 11.5 Å². The van der Waals surface area contributed by atoms with E-state index >= 15 is 0 Å². The lowest BCUT2D eigenvalue weighted by Gasteiger charge is -2.00. The van der Waals surface area contributed by atoms with Gasteiger partial charge in [0.25, 0.3) is 0 Å². The first-order valence-electron chi connectivity index (χ1n) is 5.06. The van der Waals surface area contributed by atoms with Crippen LogP contribution in [0.2, 0.25) is 0 Å². The Bertz CT molecular complexity index is 395. The standard InChI is InChI=1S/C11H16N2S/c1-7(2)9-6-14-13-10(8(3)4)5-12-11(9)13/h5-8H,1-4H3. The summed E-state index contributed by atoms with van der Waals surface area (Å²) in [5.74, 6) is 1.11. The van der Waals surface area contributed by atoms with Crippen LogP contribution in [0, 0.1) is 0 Å². The van der Waals surface area contributed by atoms with Crippen LogP contribution in [0.1, 0.15) is 50.8 Å². The van der Waals surface area contributed by atoms with Crippen molar-refractivity contribution in [1.29, 1.82) is 0 Å². The van der Waals surface area contributed by atoms with Gasteiger partial charge < -0.3 is 0 Å². The highest BCUT2D eigenvalue weighted by atomic mass is 32.1. The highest BCUT2D eigenvalue weighted by Crippen LogP contribution is 2.27. The first-order valence-corrected chi connectivity index (χ1v) is 5.90. The molecule has 0 saturated carbocycles. The molecule has 0 radical (unpaired) electrons. The van der Waals surface area contributed by atoms with E-state index in [0.717, 1.165) is 5.65 Å². The van der Waals surface area contributed by atoms with Crippen LogP contribution in [-0.2, 0) is 0 Å². The molecule has 0 bridgehead atoms. The smallest absolute Gasteiger partial charge is 0.150 e. The Kier molecular flexibility index (Phi) is 2.35. The van der Waals surface area contributed by atoms with Gasteiger partial charge in [0, 0.05) is 10.9 Å². The van der Waals surface area contributed by atoms with E-state index in [1.807, 2.05) is 6.20 Å². The fraction of sp³-hybridized carbons (Fsp3) is 0.545. The third-order valence-electron chi connectivity index (χ3n) is 2.50. The Balaban J connectivity index is 2.61. The molecular weight excluding hydrogens is 192 g/mol. The van der Waals surface area contributed by atoms with Crippen molar-refractivity contribution in [3.63, 3.8) is 0 Å². The van der Waals surface area contributed by atoms with Crippen LogP contribution in [0.5, 0.6) is 0 Å². The topological polar surface area (TPSA) is 17.3 Å². The summed E-state index contributed by atoms with van der Waals surface area (Å²) in [7, 11) is 0. The SMILES string of the molecule is CC(C)c1csn2c(C(C)C)cnc12. The lowest BCUT2D eigenvalue weighted by molar-refractivity contribution is 0.825. The maximum atomic E-state index is 4.49. The second-order valence-corrected chi connectivity index (χ2v) is 5.10. The van der Waals surface area contributed by atoms with Gasteiger partial charge in [0.2, 0.25) is 0 Å². The molecule has 14 heavy (non-hydrogen) atoms. The molecule has 0 aliphatic heterocycles. The maximum absolute atomic E-state index is 4.49. The number of imidazole rings is 1. The zero-order valence-electron chi connectivity index (χ0n) is 9.11. The average molecular weight is 208 g/mol. The van der Waals surface area contributed by atoms with Crippen molar-refractivity contribution in [3.8, 4) is 0 Å². The molecule has 0 aliphatic rings. The van der Waals surface area contributed by atoms with E-state index in [1.54, 1.807) is 11.5 Å². The molecular formula is C11H16N2S. The van der Waals surface area contributed by atoms with E-state index in [9.17, 15) is 0 Å². The van der Waals surface area contributed by atoms with Crippen molar-refractivity contribution in [2.24, 2.45) is 0 Å². The van der Waals surface area contributed by atoms with E-state index in [0.29, 0.717) is 11.8 Å². The van der Waals surface area contributed by atoms with Gasteiger partial charge in [-0.3, -0.25) is 3.79 Å². The number of rotatable bonds is 2. The first kappa shape index (κ1) is 9.71. The molecule has 0 aliphatic carbocycles. The van der Waals surface area contributed by atoms with Crippen molar-refractivity contribution >= 4 is 17.2 Å². The second kappa shape index (κ2) is 3.39. The number of nitrogens with zero attached hydrogens (tertiary/aromatic N) is 2. The van der Waals surface area contributed by atoms with Crippen LogP contribution in [0.15, 0.2) is 11.6 Å². The second-order valence-electron chi connectivity index (χ2n) is 4.29. The number of aromatic nitrogens is 2. The molecule has 2 aromatic heterocycles. The van der Waals surface area contributed by atoms with Gasteiger partial charge in [-0.25, -0.2) is 4.98 Å². The van der Waals surface area contributed by atoms with E-state index < -0.39 is 0 Å². The van der Waals surface area contributed by atoms with Gasteiger partial charge in [-0.2, -0.15) is 0 Å². The molecule has 0 unspecified atom stereocenters. The van der Waals surface area contributed by atoms with Crippen LogP contribution in [0.25, 0.3) is 5.65 Å². The van der Waals surface area contributed by atoms with Crippen LogP contribution in [0.4, 0.5) is 0 Å². The van der Waals surface area contributed by atoms with Gasteiger partial charge in [0.05, 0.1) is 11.9 Å². The lowest BCUT2D eigenvalue weighted by Crippen LogP contribution is -1.90. The third kappa shape index (κ3) is 1.36. The molecule has 2 aromatic rings. The third-order valence-corrected chi connectivity index (χ3v) is 3.46. The Hall–Kier alpha value is -0.830. The van der Waals surface area contributed by atoms with Crippen LogP contribution < -0.4 is 0 Å². The Morgan fingerprint density at radius 3 is 2.50 bits per heavy atom. The number of hydrogen-bond donors (Lipinski definition) is 0. The molecule has 3 heteroatoms. The summed E-state index contributed by atoms with van der Waals surface area (Å²) in [6.45, 7) is 8.84. The Labute approximate surface area is 88.7 Å².